The van der Waals surface area contributed by atoms with Crippen LogP contribution in [-0.4, -0.2) is 31.1 Å². The molecule has 0 unspecified atom stereocenters. The third-order valence-electron chi connectivity index (χ3n) is 5.43. The van der Waals surface area contributed by atoms with Crippen LogP contribution < -0.4 is 19.3 Å². The van der Waals surface area contributed by atoms with Crippen LogP contribution in [0.2, 0.25) is 0 Å². The highest BCUT2D eigenvalue weighted by Crippen LogP contribution is 2.45. The van der Waals surface area contributed by atoms with Gasteiger partial charge in [-0.1, -0.05) is 76.4 Å². The number of hydrogen-bond donors (Lipinski definition) is 1. The maximum Gasteiger partial charge on any atom is 0.250 e. The van der Waals surface area contributed by atoms with E-state index in [-0.39, 0.29) is 10.9 Å². The number of rotatable bonds is 15. The fourth-order valence-electron chi connectivity index (χ4n) is 3.52. The van der Waals surface area contributed by atoms with Gasteiger partial charge in [-0.2, -0.15) is 0 Å². The highest BCUT2D eigenvalue weighted by molar-refractivity contribution is 7.97. The van der Waals surface area contributed by atoms with Gasteiger partial charge in [-0.25, -0.2) is 0 Å². The summed E-state index contributed by atoms with van der Waals surface area (Å²) >= 11 is 0. The molecule has 0 spiro atoms. The lowest BCUT2D eigenvalue weighted by Gasteiger charge is -2.18. The van der Waals surface area contributed by atoms with Gasteiger partial charge in [0.15, 0.2) is 21.3 Å². The van der Waals surface area contributed by atoms with Gasteiger partial charge in [0.2, 0.25) is 11.1 Å². The first-order valence-electron chi connectivity index (χ1n) is 13.3. The number of benzene rings is 3. The van der Waals surface area contributed by atoms with Gasteiger partial charge in [0.1, 0.15) is 16.6 Å². The van der Waals surface area contributed by atoms with Crippen LogP contribution in [0.5, 0.6) is 17.2 Å². The smallest absolute Gasteiger partial charge is 0.250 e. The summed E-state index contributed by atoms with van der Waals surface area (Å²) in [6.45, 7) is 8.60. The molecule has 0 fully saturated rings. The van der Waals surface area contributed by atoms with Crippen molar-refractivity contribution in [1.82, 2.24) is 0 Å². The molecule has 1 N–H and O–H groups in total. The predicted molar refractivity (Wildman–Crippen MR) is 151 cm³/mol. The first-order chi connectivity index (χ1) is 18.5. The van der Waals surface area contributed by atoms with E-state index in [1.165, 1.54) is 9.79 Å². The van der Waals surface area contributed by atoms with Crippen molar-refractivity contribution in [3.63, 3.8) is 0 Å². The van der Waals surface area contributed by atoms with Gasteiger partial charge in [0.05, 0.1) is 19.8 Å². The van der Waals surface area contributed by atoms with Crippen LogP contribution in [0, 0.1) is 0 Å². The summed E-state index contributed by atoms with van der Waals surface area (Å²) in [5, 5.41) is 15.3. The highest BCUT2D eigenvalue weighted by atomic mass is 32.2. The molecule has 0 bridgehead atoms. The van der Waals surface area contributed by atoms with Gasteiger partial charge in [0, 0.05) is 12.1 Å². The Balaban J connectivity index is 0.00000118. The van der Waals surface area contributed by atoms with E-state index in [0.29, 0.717) is 19.8 Å². The molecule has 0 aliphatic heterocycles. The van der Waals surface area contributed by atoms with E-state index < -0.39 is 6.16 Å². The van der Waals surface area contributed by atoms with Crippen molar-refractivity contribution in [2.24, 2.45) is 0 Å². The lowest BCUT2D eigenvalue weighted by molar-refractivity contribution is -0.275. The minimum Gasteiger partial charge on any atom is -0.565 e. The van der Waals surface area contributed by atoms with Crippen molar-refractivity contribution in [2.75, 3.05) is 19.8 Å². The molecule has 206 valence electrons. The summed E-state index contributed by atoms with van der Waals surface area (Å²) in [5.41, 5.74) is 0. The van der Waals surface area contributed by atoms with Gasteiger partial charge in [0.25, 0.3) is 0 Å². The van der Waals surface area contributed by atoms with Gasteiger partial charge in [-0.05, 0) is 43.5 Å². The van der Waals surface area contributed by atoms with Crippen LogP contribution in [0.1, 0.15) is 59.3 Å². The Labute approximate surface area is 229 Å². The van der Waals surface area contributed by atoms with Crippen LogP contribution in [0.4, 0.5) is 4.79 Å². The zero-order chi connectivity index (χ0) is 27.6. The molecular weight excluding hydrogens is 500 g/mol. The van der Waals surface area contributed by atoms with Crippen LogP contribution in [0.3, 0.4) is 0 Å². The molecular formula is C31H40O6S. The molecule has 0 aromatic heterocycles. The Morgan fingerprint density at radius 3 is 1.45 bits per heavy atom. The lowest BCUT2D eigenvalue weighted by Crippen LogP contribution is -2.17. The van der Waals surface area contributed by atoms with Gasteiger partial charge in [-0.3, -0.25) is 0 Å². The molecule has 38 heavy (non-hydrogen) atoms. The summed E-state index contributed by atoms with van der Waals surface area (Å²) in [4.78, 5) is 12.0. The summed E-state index contributed by atoms with van der Waals surface area (Å²) < 4.78 is 19.0. The first kappa shape index (κ1) is 30.9. The molecule has 0 aliphatic carbocycles. The Kier molecular flexibility index (Phi) is 14.7. The van der Waals surface area contributed by atoms with Crippen LogP contribution in [0.15, 0.2) is 87.5 Å². The summed E-state index contributed by atoms with van der Waals surface area (Å²) in [5.74, 6) is 2.55. The minimum atomic E-state index is -2.08. The van der Waals surface area contributed by atoms with Crippen molar-refractivity contribution in [2.45, 2.75) is 74.0 Å². The normalized spacial score (nSPS) is 10.4. The average Bonchev–Trinajstić information content (AvgIpc) is 2.91. The lowest BCUT2D eigenvalue weighted by atomic mass is 10.2. The molecule has 0 saturated carbocycles. The minimum absolute atomic E-state index is 0.370. The van der Waals surface area contributed by atoms with E-state index in [2.05, 4.69) is 93.6 Å². The van der Waals surface area contributed by atoms with Crippen LogP contribution >= 0.6 is 0 Å². The van der Waals surface area contributed by atoms with Gasteiger partial charge < -0.3 is 29.2 Å². The van der Waals surface area contributed by atoms with E-state index in [0.717, 1.165) is 60.7 Å². The third kappa shape index (κ3) is 10.6. The van der Waals surface area contributed by atoms with Gasteiger partial charge >= 0.3 is 0 Å². The average molecular weight is 541 g/mol. The molecule has 3 rings (SSSR count). The Morgan fingerprint density at radius 1 is 0.711 bits per heavy atom. The van der Waals surface area contributed by atoms with E-state index in [4.69, 9.17) is 29.2 Å². The second-order valence-electron chi connectivity index (χ2n) is 8.55. The molecule has 7 heteroatoms. The number of hydrogen-bond acceptors (Lipinski definition) is 5. The number of carbonyl (C=O) groups is 1. The fraction of sp³-hybridized carbons (Fsp3) is 0.387. The summed E-state index contributed by atoms with van der Waals surface area (Å²) in [6.07, 6.45) is 4.24. The van der Waals surface area contributed by atoms with E-state index in [1.807, 2.05) is 0 Å². The zero-order valence-electron chi connectivity index (χ0n) is 22.7. The fourth-order valence-corrected chi connectivity index (χ4v) is 5.76. The van der Waals surface area contributed by atoms with Crippen molar-refractivity contribution in [1.29, 1.82) is 0 Å². The molecule has 3 aromatic carbocycles. The Bertz CT molecular complexity index is 984. The second-order valence-corrected chi connectivity index (χ2v) is 10.5. The summed E-state index contributed by atoms with van der Waals surface area (Å²) in [6, 6.07) is 25.5. The van der Waals surface area contributed by atoms with E-state index >= 15 is 0 Å². The van der Waals surface area contributed by atoms with Crippen molar-refractivity contribution in [3.05, 3.63) is 72.8 Å². The van der Waals surface area contributed by atoms with Crippen molar-refractivity contribution < 1.29 is 29.2 Å². The Morgan fingerprint density at radius 2 is 1.08 bits per heavy atom. The van der Waals surface area contributed by atoms with Gasteiger partial charge in [-0.15, -0.1) is 0 Å². The molecule has 0 heterocycles. The van der Waals surface area contributed by atoms with Crippen molar-refractivity contribution in [3.8, 4) is 17.2 Å². The quantitative estimate of drug-likeness (QED) is 0.162. The summed E-state index contributed by atoms with van der Waals surface area (Å²) in [7, 11) is -0.370. The molecule has 0 saturated heterocycles. The molecule has 0 aliphatic rings. The monoisotopic (exact) mass is 540 g/mol. The van der Waals surface area contributed by atoms with Crippen LogP contribution in [-0.2, 0) is 10.9 Å². The zero-order valence-corrected chi connectivity index (χ0v) is 23.5. The molecule has 0 amide bonds. The third-order valence-corrected chi connectivity index (χ3v) is 7.73. The number of unbranched alkanes of at least 4 members (excludes halogenated alkanes) is 3. The number of ether oxygens (including phenoxy) is 3. The Hall–Kier alpha value is -3.32. The maximum absolute atomic E-state index is 8.44. The SMILES string of the molecule is CCCCOc1cc(OCCCC)c([S+](c2ccccc2)c2ccccc2)c(OCCCC)c1.O=C([O-])O. The highest BCUT2D eigenvalue weighted by Gasteiger charge is 2.36. The topological polar surface area (TPSA) is 88.1 Å². The van der Waals surface area contributed by atoms with E-state index in [9.17, 15) is 0 Å². The second kappa shape index (κ2) is 18.0. The molecule has 0 atom stereocenters. The first-order valence-corrected chi connectivity index (χ1v) is 14.5. The standard InChI is InChI=1S/C30H39O3S.CH2O3/c1-4-7-20-31-25-23-28(32-21-8-5-2)30(29(24-25)33-22-9-6-3)34(26-16-12-10-13-17-26)27-18-14-11-15-19-27;2-1(3)4/h10-19,23-24H,4-9,20-22H2,1-3H3;(H2,2,3,4)/q+1;/p-1. The number of carboxylic acid groups (broad SMARTS) is 2. The van der Waals surface area contributed by atoms with Crippen molar-refractivity contribution >= 4 is 17.1 Å². The molecule has 3 aromatic rings. The molecule has 6 nitrogen and oxygen atoms in total. The largest absolute Gasteiger partial charge is 0.565 e. The van der Waals surface area contributed by atoms with E-state index in [1.54, 1.807) is 0 Å². The van der Waals surface area contributed by atoms with Crippen LogP contribution in [0.25, 0.3) is 0 Å². The molecule has 0 radical (unpaired) electrons. The predicted octanol–water partition coefficient (Wildman–Crippen LogP) is 7.21. The maximum atomic E-state index is 8.44.